The molecule has 1 unspecified atom stereocenters. The Balaban J connectivity index is 2.43. The highest BCUT2D eigenvalue weighted by Crippen LogP contribution is 2.31. The summed E-state index contributed by atoms with van der Waals surface area (Å²) < 4.78 is 6.17. The monoisotopic (exact) mass is 339 g/mol. The average Bonchev–Trinajstić information content (AvgIpc) is 2.40. The molecule has 0 spiro atoms. The molecule has 1 atom stereocenters. The molecule has 100 valence electrons. The Kier molecular flexibility index (Phi) is 4.50. The van der Waals surface area contributed by atoms with Crippen LogP contribution < -0.4 is 10.5 Å². The molecule has 2 N–H and O–H groups in total. The molecule has 2 aromatic rings. The van der Waals surface area contributed by atoms with Crippen molar-refractivity contribution in [3.8, 4) is 5.75 Å². The Labute approximate surface area is 126 Å². The lowest BCUT2D eigenvalue weighted by Gasteiger charge is -2.17. The van der Waals surface area contributed by atoms with Crippen molar-refractivity contribution >= 4 is 27.5 Å². The van der Waals surface area contributed by atoms with Gasteiger partial charge < -0.3 is 10.5 Å². The minimum absolute atomic E-state index is 0.223. The molecule has 0 saturated heterocycles. The van der Waals surface area contributed by atoms with Crippen LogP contribution in [0.4, 0.5) is 0 Å². The van der Waals surface area contributed by atoms with Crippen LogP contribution in [-0.4, -0.2) is 7.11 Å². The fourth-order valence-electron chi connectivity index (χ4n) is 2.04. The Morgan fingerprint density at radius 1 is 1.16 bits per heavy atom. The minimum atomic E-state index is -0.223. The molecule has 2 nitrogen and oxygen atoms in total. The summed E-state index contributed by atoms with van der Waals surface area (Å²) in [6.07, 6.45) is 0. The van der Waals surface area contributed by atoms with E-state index in [2.05, 4.69) is 15.9 Å². The van der Waals surface area contributed by atoms with Crippen molar-refractivity contribution in [2.45, 2.75) is 13.0 Å². The SMILES string of the molecule is COc1ccc(C(N)c2cc(Cl)ccc2Br)c(C)c1. The van der Waals surface area contributed by atoms with Crippen LogP contribution in [0.1, 0.15) is 22.7 Å². The van der Waals surface area contributed by atoms with Crippen LogP contribution in [0.2, 0.25) is 5.02 Å². The Bertz CT molecular complexity index is 601. The smallest absolute Gasteiger partial charge is 0.119 e. The predicted molar refractivity (Wildman–Crippen MR) is 82.9 cm³/mol. The molecule has 0 saturated carbocycles. The molecule has 0 bridgehead atoms. The summed E-state index contributed by atoms with van der Waals surface area (Å²) in [5, 5.41) is 0.680. The first-order valence-electron chi connectivity index (χ1n) is 5.88. The van der Waals surface area contributed by atoms with Gasteiger partial charge in [0.2, 0.25) is 0 Å². The van der Waals surface area contributed by atoms with Crippen LogP contribution >= 0.6 is 27.5 Å². The molecule has 0 aliphatic heterocycles. The number of hydrogen-bond donors (Lipinski definition) is 1. The maximum atomic E-state index is 6.35. The number of benzene rings is 2. The molecule has 0 amide bonds. The molecular weight excluding hydrogens is 326 g/mol. The Morgan fingerprint density at radius 3 is 2.53 bits per heavy atom. The van der Waals surface area contributed by atoms with Gasteiger partial charge in [-0.15, -0.1) is 0 Å². The number of halogens is 2. The number of ether oxygens (including phenoxy) is 1. The van der Waals surface area contributed by atoms with Gasteiger partial charge in [-0.05, 0) is 53.9 Å². The third-order valence-electron chi connectivity index (χ3n) is 3.11. The fourth-order valence-corrected chi connectivity index (χ4v) is 2.72. The highest BCUT2D eigenvalue weighted by molar-refractivity contribution is 9.10. The lowest BCUT2D eigenvalue weighted by atomic mass is 9.95. The normalized spacial score (nSPS) is 12.3. The number of nitrogens with two attached hydrogens (primary N) is 1. The van der Waals surface area contributed by atoms with Gasteiger partial charge in [0.1, 0.15) is 5.75 Å². The van der Waals surface area contributed by atoms with E-state index in [4.69, 9.17) is 22.1 Å². The van der Waals surface area contributed by atoms with Crippen LogP contribution in [0.25, 0.3) is 0 Å². The fraction of sp³-hybridized carbons (Fsp3) is 0.200. The van der Waals surface area contributed by atoms with Gasteiger partial charge in [0.15, 0.2) is 0 Å². The van der Waals surface area contributed by atoms with Gasteiger partial charge in [0.05, 0.1) is 13.2 Å². The van der Waals surface area contributed by atoms with E-state index >= 15 is 0 Å². The first kappa shape index (κ1) is 14.4. The molecule has 0 aromatic heterocycles. The van der Waals surface area contributed by atoms with E-state index in [-0.39, 0.29) is 6.04 Å². The van der Waals surface area contributed by atoms with E-state index in [9.17, 15) is 0 Å². The molecule has 0 aliphatic carbocycles. The molecule has 0 aliphatic rings. The maximum absolute atomic E-state index is 6.35. The van der Waals surface area contributed by atoms with Crippen molar-refractivity contribution in [2.75, 3.05) is 7.11 Å². The Hall–Kier alpha value is -1.03. The van der Waals surface area contributed by atoms with Crippen LogP contribution in [-0.2, 0) is 0 Å². The number of hydrogen-bond acceptors (Lipinski definition) is 2. The maximum Gasteiger partial charge on any atom is 0.119 e. The highest BCUT2D eigenvalue weighted by Gasteiger charge is 2.15. The number of rotatable bonds is 3. The second-order valence-corrected chi connectivity index (χ2v) is 5.66. The van der Waals surface area contributed by atoms with Gasteiger partial charge in [-0.3, -0.25) is 0 Å². The van der Waals surface area contributed by atoms with Crippen molar-refractivity contribution in [3.63, 3.8) is 0 Å². The van der Waals surface area contributed by atoms with Crippen LogP contribution in [0, 0.1) is 6.92 Å². The topological polar surface area (TPSA) is 35.2 Å². The van der Waals surface area contributed by atoms with Gasteiger partial charge in [-0.2, -0.15) is 0 Å². The quantitative estimate of drug-likeness (QED) is 0.895. The molecule has 0 heterocycles. The molecule has 4 heteroatoms. The summed E-state index contributed by atoms with van der Waals surface area (Å²) in [4.78, 5) is 0. The van der Waals surface area contributed by atoms with E-state index in [1.54, 1.807) is 7.11 Å². The van der Waals surface area contributed by atoms with Crippen LogP contribution in [0.5, 0.6) is 5.75 Å². The summed E-state index contributed by atoms with van der Waals surface area (Å²) in [5.41, 5.74) is 9.48. The van der Waals surface area contributed by atoms with Gasteiger partial charge in [-0.25, -0.2) is 0 Å². The van der Waals surface area contributed by atoms with Crippen LogP contribution in [0.3, 0.4) is 0 Å². The van der Waals surface area contributed by atoms with Crippen molar-refractivity contribution in [2.24, 2.45) is 5.73 Å². The van der Waals surface area contributed by atoms with Crippen molar-refractivity contribution in [1.82, 2.24) is 0 Å². The van der Waals surface area contributed by atoms with Crippen molar-refractivity contribution in [1.29, 1.82) is 0 Å². The summed E-state index contributed by atoms with van der Waals surface area (Å²) in [5.74, 6) is 0.832. The molecule has 2 aromatic carbocycles. The third kappa shape index (κ3) is 3.11. The van der Waals surface area contributed by atoms with Gasteiger partial charge in [0, 0.05) is 9.50 Å². The van der Waals surface area contributed by atoms with Crippen molar-refractivity contribution < 1.29 is 4.74 Å². The summed E-state index contributed by atoms with van der Waals surface area (Å²) in [6, 6.07) is 11.3. The molecule has 0 fully saturated rings. The number of methoxy groups -OCH3 is 1. The zero-order valence-electron chi connectivity index (χ0n) is 10.8. The summed E-state index contributed by atoms with van der Waals surface area (Å²) >= 11 is 9.56. The van der Waals surface area contributed by atoms with Gasteiger partial charge in [-0.1, -0.05) is 33.6 Å². The summed E-state index contributed by atoms with van der Waals surface area (Å²) in [7, 11) is 1.65. The third-order valence-corrected chi connectivity index (χ3v) is 4.06. The predicted octanol–water partition coefficient (Wildman–Crippen LogP) is 4.47. The second kappa shape index (κ2) is 5.95. The second-order valence-electron chi connectivity index (χ2n) is 4.37. The zero-order valence-corrected chi connectivity index (χ0v) is 13.1. The average molecular weight is 341 g/mol. The Morgan fingerprint density at radius 2 is 1.89 bits per heavy atom. The molecule has 19 heavy (non-hydrogen) atoms. The van der Waals surface area contributed by atoms with E-state index in [0.717, 1.165) is 26.9 Å². The standard InChI is InChI=1S/C15H15BrClNO/c1-9-7-11(19-2)4-5-12(9)15(18)13-8-10(17)3-6-14(13)16/h3-8,15H,18H2,1-2H3. The van der Waals surface area contributed by atoms with Gasteiger partial charge in [0.25, 0.3) is 0 Å². The lowest BCUT2D eigenvalue weighted by Crippen LogP contribution is -2.14. The summed E-state index contributed by atoms with van der Waals surface area (Å²) in [6.45, 7) is 2.02. The van der Waals surface area contributed by atoms with E-state index in [0.29, 0.717) is 5.02 Å². The number of aryl methyl sites for hydroxylation is 1. The van der Waals surface area contributed by atoms with E-state index < -0.39 is 0 Å². The first-order valence-corrected chi connectivity index (χ1v) is 7.05. The van der Waals surface area contributed by atoms with E-state index in [1.807, 2.05) is 43.3 Å². The molecule has 2 rings (SSSR count). The highest BCUT2D eigenvalue weighted by atomic mass is 79.9. The van der Waals surface area contributed by atoms with Crippen LogP contribution in [0.15, 0.2) is 40.9 Å². The zero-order chi connectivity index (χ0) is 14.0. The molecule has 0 radical (unpaired) electrons. The molecular formula is C15H15BrClNO. The minimum Gasteiger partial charge on any atom is -0.497 e. The lowest BCUT2D eigenvalue weighted by molar-refractivity contribution is 0.414. The van der Waals surface area contributed by atoms with Crippen molar-refractivity contribution in [3.05, 3.63) is 62.6 Å². The largest absolute Gasteiger partial charge is 0.497 e. The van der Waals surface area contributed by atoms with Gasteiger partial charge >= 0.3 is 0 Å². The first-order chi connectivity index (χ1) is 9.02. The van der Waals surface area contributed by atoms with E-state index in [1.165, 1.54) is 0 Å².